The molecule has 0 aliphatic carbocycles. The molecule has 0 saturated carbocycles. The number of benzene rings is 2. The van der Waals surface area contributed by atoms with Crippen LogP contribution in [0.15, 0.2) is 72.9 Å². The summed E-state index contributed by atoms with van der Waals surface area (Å²) in [5.41, 5.74) is 2.75. The highest BCUT2D eigenvalue weighted by molar-refractivity contribution is 6.08. The Kier molecular flexibility index (Phi) is 3.56. The van der Waals surface area contributed by atoms with Gasteiger partial charge >= 0.3 is 0 Å². The Bertz CT molecular complexity index is 749. The molecule has 0 atom stereocenters. The van der Waals surface area contributed by atoms with Crippen LogP contribution in [0.1, 0.15) is 15.9 Å². The standard InChI is InChI=1S/C18H12FNO/c19-16-9-6-14(7-10-16)18(21)15-8-11-17(20-12-15)13-4-2-1-3-5-13/h1-12H. The number of halogens is 1. The number of hydrogen-bond donors (Lipinski definition) is 0. The Morgan fingerprint density at radius 3 is 2.10 bits per heavy atom. The SMILES string of the molecule is O=C(c1ccc(F)cc1)c1ccc(-c2ccccc2)nc1. The zero-order valence-corrected chi connectivity index (χ0v) is 11.2. The summed E-state index contributed by atoms with van der Waals surface area (Å²) in [6.45, 7) is 0. The van der Waals surface area contributed by atoms with Crippen LogP contribution in [-0.2, 0) is 0 Å². The third-order valence-electron chi connectivity index (χ3n) is 3.20. The predicted molar refractivity (Wildman–Crippen MR) is 79.5 cm³/mol. The van der Waals surface area contributed by atoms with Gasteiger partial charge in [0.2, 0.25) is 0 Å². The van der Waals surface area contributed by atoms with Crippen molar-refractivity contribution in [2.24, 2.45) is 0 Å². The van der Waals surface area contributed by atoms with Crippen molar-refractivity contribution in [3.8, 4) is 11.3 Å². The molecule has 0 aliphatic heterocycles. The molecule has 0 N–H and O–H groups in total. The largest absolute Gasteiger partial charge is 0.289 e. The minimum Gasteiger partial charge on any atom is -0.289 e. The second-order valence-electron chi connectivity index (χ2n) is 4.63. The van der Waals surface area contributed by atoms with Gasteiger partial charge in [0.15, 0.2) is 5.78 Å². The number of aromatic nitrogens is 1. The molecule has 1 aromatic heterocycles. The van der Waals surface area contributed by atoms with E-state index in [1.54, 1.807) is 12.3 Å². The lowest BCUT2D eigenvalue weighted by molar-refractivity contribution is 0.103. The van der Waals surface area contributed by atoms with Crippen LogP contribution in [-0.4, -0.2) is 10.8 Å². The molecular formula is C18H12FNO. The summed E-state index contributed by atoms with van der Waals surface area (Å²) in [5.74, 6) is -0.522. The van der Waals surface area contributed by atoms with Gasteiger partial charge in [0.1, 0.15) is 5.82 Å². The first-order valence-corrected chi connectivity index (χ1v) is 6.56. The monoisotopic (exact) mass is 277 g/mol. The van der Waals surface area contributed by atoms with E-state index in [1.807, 2.05) is 36.4 Å². The summed E-state index contributed by atoms with van der Waals surface area (Å²) in [7, 11) is 0. The lowest BCUT2D eigenvalue weighted by Crippen LogP contribution is -2.02. The average molecular weight is 277 g/mol. The van der Waals surface area contributed by atoms with Crippen LogP contribution >= 0.6 is 0 Å². The fourth-order valence-electron chi connectivity index (χ4n) is 2.08. The van der Waals surface area contributed by atoms with E-state index in [9.17, 15) is 9.18 Å². The molecule has 102 valence electrons. The minimum absolute atomic E-state index is 0.165. The first-order valence-electron chi connectivity index (χ1n) is 6.56. The van der Waals surface area contributed by atoms with Crippen LogP contribution in [0, 0.1) is 5.82 Å². The maximum absolute atomic E-state index is 12.9. The smallest absolute Gasteiger partial charge is 0.194 e. The van der Waals surface area contributed by atoms with E-state index < -0.39 is 0 Å². The maximum Gasteiger partial charge on any atom is 0.194 e. The fraction of sp³-hybridized carbons (Fsp3) is 0. The molecule has 0 radical (unpaired) electrons. The van der Waals surface area contributed by atoms with Gasteiger partial charge < -0.3 is 0 Å². The highest BCUT2D eigenvalue weighted by Crippen LogP contribution is 2.17. The molecule has 0 spiro atoms. The van der Waals surface area contributed by atoms with Gasteiger partial charge in [0.05, 0.1) is 5.69 Å². The molecule has 1 heterocycles. The Hall–Kier alpha value is -2.81. The molecule has 0 amide bonds. The number of carbonyl (C=O) groups is 1. The minimum atomic E-state index is -0.357. The van der Waals surface area contributed by atoms with Crippen LogP contribution in [0.3, 0.4) is 0 Å². The summed E-state index contributed by atoms with van der Waals surface area (Å²) < 4.78 is 12.9. The summed E-state index contributed by atoms with van der Waals surface area (Å²) in [6, 6.07) is 18.8. The molecule has 3 heteroatoms. The van der Waals surface area contributed by atoms with E-state index in [2.05, 4.69) is 4.98 Å². The first-order chi connectivity index (χ1) is 10.2. The van der Waals surface area contributed by atoms with Gasteiger partial charge in [-0.15, -0.1) is 0 Å². The Morgan fingerprint density at radius 2 is 1.48 bits per heavy atom. The molecule has 3 rings (SSSR count). The highest BCUT2D eigenvalue weighted by Gasteiger charge is 2.10. The molecule has 2 nitrogen and oxygen atoms in total. The summed E-state index contributed by atoms with van der Waals surface area (Å²) in [4.78, 5) is 16.6. The van der Waals surface area contributed by atoms with E-state index in [-0.39, 0.29) is 11.6 Å². The summed E-state index contributed by atoms with van der Waals surface area (Å²) in [5, 5.41) is 0. The topological polar surface area (TPSA) is 30.0 Å². The Morgan fingerprint density at radius 1 is 0.810 bits per heavy atom. The van der Waals surface area contributed by atoms with E-state index in [1.165, 1.54) is 24.3 Å². The van der Waals surface area contributed by atoms with E-state index in [4.69, 9.17) is 0 Å². The maximum atomic E-state index is 12.9. The zero-order valence-electron chi connectivity index (χ0n) is 11.2. The number of ketones is 1. The van der Waals surface area contributed by atoms with Crippen LogP contribution in [0.25, 0.3) is 11.3 Å². The molecule has 0 saturated heterocycles. The summed E-state index contributed by atoms with van der Waals surface area (Å²) >= 11 is 0. The van der Waals surface area contributed by atoms with Gasteiger partial charge in [0, 0.05) is 22.9 Å². The fourth-order valence-corrected chi connectivity index (χ4v) is 2.08. The average Bonchev–Trinajstić information content (AvgIpc) is 2.56. The van der Waals surface area contributed by atoms with Crippen molar-refractivity contribution in [3.05, 3.63) is 89.9 Å². The van der Waals surface area contributed by atoms with Gasteiger partial charge in [-0.1, -0.05) is 30.3 Å². The van der Waals surface area contributed by atoms with Crippen molar-refractivity contribution in [3.63, 3.8) is 0 Å². The van der Waals surface area contributed by atoms with E-state index in [0.717, 1.165) is 11.3 Å². The van der Waals surface area contributed by atoms with Crippen molar-refractivity contribution in [2.45, 2.75) is 0 Å². The Labute approximate surface area is 121 Å². The molecule has 0 fully saturated rings. The molecule has 0 aliphatic rings. The normalized spacial score (nSPS) is 10.3. The second kappa shape index (κ2) is 5.67. The second-order valence-corrected chi connectivity index (χ2v) is 4.63. The lowest BCUT2D eigenvalue weighted by atomic mass is 10.0. The van der Waals surface area contributed by atoms with Crippen molar-refractivity contribution in [1.82, 2.24) is 4.98 Å². The molecule has 21 heavy (non-hydrogen) atoms. The molecule has 0 bridgehead atoms. The third kappa shape index (κ3) is 2.87. The van der Waals surface area contributed by atoms with E-state index >= 15 is 0 Å². The van der Waals surface area contributed by atoms with E-state index in [0.29, 0.717) is 11.1 Å². The number of hydrogen-bond acceptors (Lipinski definition) is 2. The molecule has 3 aromatic rings. The van der Waals surface area contributed by atoms with Gasteiger partial charge in [-0.25, -0.2) is 4.39 Å². The number of nitrogens with zero attached hydrogens (tertiary/aromatic N) is 1. The van der Waals surface area contributed by atoms with Crippen molar-refractivity contribution in [1.29, 1.82) is 0 Å². The van der Waals surface area contributed by atoms with Crippen LogP contribution in [0.2, 0.25) is 0 Å². The number of rotatable bonds is 3. The highest BCUT2D eigenvalue weighted by atomic mass is 19.1. The lowest BCUT2D eigenvalue weighted by Gasteiger charge is -2.03. The van der Waals surface area contributed by atoms with Gasteiger partial charge in [-0.3, -0.25) is 9.78 Å². The zero-order chi connectivity index (χ0) is 14.7. The third-order valence-corrected chi connectivity index (χ3v) is 3.20. The molecule has 0 unspecified atom stereocenters. The van der Waals surface area contributed by atoms with Crippen molar-refractivity contribution in [2.75, 3.05) is 0 Å². The Balaban J connectivity index is 1.87. The van der Waals surface area contributed by atoms with Crippen molar-refractivity contribution < 1.29 is 9.18 Å². The number of carbonyl (C=O) groups excluding carboxylic acids is 1. The summed E-state index contributed by atoms with van der Waals surface area (Å²) in [6.07, 6.45) is 1.55. The quantitative estimate of drug-likeness (QED) is 0.674. The van der Waals surface area contributed by atoms with Crippen LogP contribution in [0.4, 0.5) is 4.39 Å². The van der Waals surface area contributed by atoms with Crippen LogP contribution < -0.4 is 0 Å². The molecular weight excluding hydrogens is 265 g/mol. The number of pyridine rings is 1. The van der Waals surface area contributed by atoms with Gasteiger partial charge in [0.25, 0.3) is 0 Å². The predicted octanol–water partition coefficient (Wildman–Crippen LogP) is 4.12. The van der Waals surface area contributed by atoms with Gasteiger partial charge in [-0.2, -0.15) is 0 Å². The molecule has 2 aromatic carbocycles. The van der Waals surface area contributed by atoms with Crippen LogP contribution in [0.5, 0.6) is 0 Å². The van der Waals surface area contributed by atoms with Crippen molar-refractivity contribution >= 4 is 5.78 Å². The van der Waals surface area contributed by atoms with Gasteiger partial charge in [-0.05, 0) is 36.4 Å². The first kappa shape index (κ1) is 13.2.